The first-order valence-electron chi connectivity index (χ1n) is 5.98. The predicted octanol–water partition coefficient (Wildman–Crippen LogP) is 5.69. The van der Waals surface area contributed by atoms with Gasteiger partial charge in [-0.05, 0) is 62.4 Å². The number of rotatable bonds is 5. The highest BCUT2D eigenvalue weighted by Crippen LogP contribution is 2.39. The van der Waals surface area contributed by atoms with Crippen molar-refractivity contribution in [1.29, 1.82) is 0 Å². The molecule has 1 heterocycles. The molecule has 0 aliphatic heterocycles. The second kappa shape index (κ2) is 7.27. The molecule has 5 heteroatoms. The van der Waals surface area contributed by atoms with E-state index in [0.717, 1.165) is 14.8 Å². The van der Waals surface area contributed by atoms with Crippen LogP contribution in [0.15, 0.2) is 43.5 Å². The van der Waals surface area contributed by atoms with Crippen molar-refractivity contribution in [3.8, 4) is 0 Å². The minimum Gasteiger partial charge on any atom is -0.306 e. The van der Waals surface area contributed by atoms with Crippen molar-refractivity contribution in [2.75, 3.05) is 12.8 Å². The Kier molecular flexibility index (Phi) is 5.96. The Hall–Kier alpha value is 0.190. The highest BCUT2D eigenvalue weighted by molar-refractivity contribution is 9.13. The third kappa shape index (κ3) is 3.64. The second-order valence-corrected chi connectivity index (χ2v) is 8.11. The molecule has 0 saturated heterocycles. The van der Waals surface area contributed by atoms with Crippen LogP contribution in [-0.2, 0) is 0 Å². The average molecular weight is 421 g/mol. The van der Waals surface area contributed by atoms with E-state index in [0.29, 0.717) is 0 Å². The Labute approximate surface area is 139 Å². The first kappa shape index (κ1) is 15.6. The van der Waals surface area contributed by atoms with Crippen LogP contribution >= 0.6 is 55.0 Å². The van der Waals surface area contributed by atoms with Crippen LogP contribution in [0.1, 0.15) is 23.4 Å². The lowest BCUT2D eigenvalue weighted by Gasteiger charge is -2.19. The number of benzene rings is 1. The molecular formula is C14H15Br2NS2. The van der Waals surface area contributed by atoms with E-state index in [1.54, 1.807) is 23.1 Å². The van der Waals surface area contributed by atoms with Gasteiger partial charge in [0.25, 0.3) is 0 Å². The van der Waals surface area contributed by atoms with Crippen molar-refractivity contribution in [3.63, 3.8) is 0 Å². The van der Waals surface area contributed by atoms with Gasteiger partial charge in [0.1, 0.15) is 0 Å². The van der Waals surface area contributed by atoms with Gasteiger partial charge in [-0.2, -0.15) is 0 Å². The largest absolute Gasteiger partial charge is 0.306 e. The second-order valence-electron chi connectivity index (χ2n) is 4.00. The maximum atomic E-state index is 3.59. The Balaban J connectivity index is 2.44. The van der Waals surface area contributed by atoms with Crippen LogP contribution in [0.3, 0.4) is 0 Å². The zero-order chi connectivity index (χ0) is 13.8. The molecule has 0 amide bonds. The summed E-state index contributed by atoms with van der Waals surface area (Å²) in [7, 11) is 0. The molecule has 1 nitrogen and oxygen atoms in total. The molecule has 1 atom stereocenters. The molecule has 0 aliphatic carbocycles. The minimum atomic E-state index is 0.251. The van der Waals surface area contributed by atoms with Gasteiger partial charge in [-0.1, -0.05) is 25.1 Å². The Morgan fingerprint density at radius 1 is 1.32 bits per heavy atom. The van der Waals surface area contributed by atoms with Crippen molar-refractivity contribution in [2.45, 2.75) is 17.9 Å². The number of halogens is 2. The zero-order valence-corrected chi connectivity index (χ0v) is 15.5. The van der Waals surface area contributed by atoms with Gasteiger partial charge in [0, 0.05) is 14.2 Å². The Morgan fingerprint density at radius 2 is 2.05 bits per heavy atom. The molecule has 2 rings (SSSR count). The molecule has 0 radical (unpaired) electrons. The van der Waals surface area contributed by atoms with Crippen molar-refractivity contribution >= 4 is 55.0 Å². The summed E-state index contributed by atoms with van der Waals surface area (Å²) in [6.07, 6.45) is 2.13. The summed E-state index contributed by atoms with van der Waals surface area (Å²) in [5.74, 6) is 0. The number of nitrogens with one attached hydrogen (secondary N) is 1. The van der Waals surface area contributed by atoms with Crippen LogP contribution in [-0.4, -0.2) is 12.8 Å². The van der Waals surface area contributed by atoms with Crippen LogP contribution in [0.5, 0.6) is 0 Å². The van der Waals surface area contributed by atoms with Gasteiger partial charge < -0.3 is 5.32 Å². The van der Waals surface area contributed by atoms with Gasteiger partial charge in [-0.15, -0.1) is 23.1 Å². The monoisotopic (exact) mass is 419 g/mol. The SMILES string of the molecule is CCNC(c1cc(Br)c(Br)s1)c1ccccc1SC. The first-order valence-corrected chi connectivity index (χ1v) is 9.61. The number of hydrogen-bond donors (Lipinski definition) is 1. The molecule has 19 heavy (non-hydrogen) atoms. The van der Waals surface area contributed by atoms with Gasteiger partial charge in [-0.3, -0.25) is 0 Å². The van der Waals surface area contributed by atoms with Gasteiger partial charge in [-0.25, -0.2) is 0 Å². The molecule has 102 valence electrons. The third-order valence-corrected chi connectivity index (χ3v) is 6.94. The van der Waals surface area contributed by atoms with Crippen LogP contribution in [0.25, 0.3) is 0 Å². The van der Waals surface area contributed by atoms with Gasteiger partial charge >= 0.3 is 0 Å². The van der Waals surface area contributed by atoms with Crippen molar-refractivity contribution in [1.82, 2.24) is 5.32 Å². The molecule has 1 aromatic heterocycles. The molecule has 2 aromatic rings. The van der Waals surface area contributed by atoms with E-state index in [-0.39, 0.29) is 6.04 Å². The third-order valence-electron chi connectivity index (χ3n) is 2.81. The Bertz CT molecular complexity index is 535. The smallest absolute Gasteiger partial charge is 0.0843 e. The lowest BCUT2D eigenvalue weighted by molar-refractivity contribution is 0.631. The predicted molar refractivity (Wildman–Crippen MR) is 93.5 cm³/mol. The van der Waals surface area contributed by atoms with E-state index in [9.17, 15) is 0 Å². The quantitative estimate of drug-likeness (QED) is 0.623. The molecule has 0 saturated carbocycles. The van der Waals surface area contributed by atoms with Crippen LogP contribution in [0.2, 0.25) is 0 Å². The van der Waals surface area contributed by atoms with Crippen molar-refractivity contribution < 1.29 is 0 Å². The molecule has 0 spiro atoms. The van der Waals surface area contributed by atoms with E-state index < -0.39 is 0 Å². The molecular weight excluding hydrogens is 406 g/mol. The van der Waals surface area contributed by atoms with Gasteiger partial charge in [0.15, 0.2) is 0 Å². The summed E-state index contributed by atoms with van der Waals surface area (Å²) in [6.45, 7) is 3.09. The minimum absolute atomic E-state index is 0.251. The fourth-order valence-corrected chi connectivity index (χ4v) is 4.80. The van der Waals surface area contributed by atoms with Crippen LogP contribution in [0, 0.1) is 0 Å². The van der Waals surface area contributed by atoms with E-state index in [1.165, 1.54) is 15.3 Å². The molecule has 0 aliphatic rings. The van der Waals surface area contributed by atoms with Crippen LogP contribution < -0.4 is 5.32 Å². The maximum absolute atomic E-state index is 3.59. The fourth-order valence-electron chi connectivity index (χ4n) is 1.98. The Morgan fingerprint density at radius 3 is 2.63 bits per heavy atom. The standard InChI is InChI=1S/C14H15Br2NS2/c1-3-17-13(12-8-10(15)14(16)19-12)9-6-4-5-7-11(9)18-2/h4-8,13,17H,3H2,1-2H3. The number of thiophene rings is 1. The average Bonchev–Trinajstić information content (AvgIpc) is 2.76. The normalized spacial score (nSPS) is 12.6. The number of thioether (sulfide) groups is 1. The summed E-state index contributed by atoms with van der Waals surface area (Å²) in [5.41, 5.74) is 1.35. The van der Waals surface area contributed by atoms with E-state index >= 15 is 0 Å². The molecule has 0 fully saturated rings. The lowest BCUT2D eigenvalue weighted by atomic mass is 10.1. The summed E-state index contributed by atoms with van der Waals surface area (Å²) >= 11 is 10.7. The summed E-state index contributed by atoms with van der Waals surface area (Å²) in [5, 5.41) is 3.59. The van der Waals surface area contributed by atoms with Crippen molar-refractivity contribution in [3.05, 3.63) is 49.0 Å². The molecule has 1 N–H and O–H groups in total. The van der Waals surface area contributed by atoms with E-state index in [2.05, 4.69) is 80.7 Å². The molecule has 0 bridgehead atoms. The summed E-state index contributed by atoms with van der Waals surface area (Å²) in [4.78, 5) is 2.65. The molecule has 1 aromatic carbocycles. The lowest BCUT2D eigenvalue weighted by Crippen LogP contribution is -2.21. The fraction of sp³-hybridized carbons (Fsp3) is 0.286. The van der Waals surface area contributed by atoms with E-state index in [1.807, 2.05) is 0 Å². The van der Waals surface area contributed by atoms with Gasteiger partial charge in [0.2, 0.25) is 0 Å². The van der Waals surface area contributed by atoms with Crippen molar-refractivity contribution in [2.24, 2.45) is 0 Å². The summed E-state index contributed by atoms with van der Waals surface area (Å²) < 4.78 is 2.27. The van der Waals surface area contributed by atoms with Crippen LogP contribution in [0.4, 0.5) is 0 Å². The highest BCUT2D eigenvalue weighted by atomic mass is 79.9. The topological polar surface area (TPSA) is 12.0 Å². The first-order chi connectivity index (χ1) is 9.17. The summed E-state index contributed by atoms with van der Waals surface area (Å²) in [6, 6.07) is 11.0. The highest BCUT2D eigenvalue weighted by Gasteiger charge is 2.19. The van der Waals surface area contributed by atoms with Gasteiger partial charge in [0.05, 0.1) is 9.83 Å². The number of hydrogen-bond acceptors (Lipinski definition) is 3. The molecule has 1 unspecified atom stereocenters. The van der Waals surface area contributed by atoms with E-state index in [4.69, 9.17) is 0 Å². The maximum Gasteiger partial charge on any atom is 0.0843 e. The zero-order valence-electron chi connectivity index (χ0n) is 10.7.